The lowest BCUT2D eigenvalue weighted by Crippen LogP contribution is -1.87. The van der Waals surface area contributed by atoms with E-state index in [1.807, 2.05) is 24.3 Å². The first-order chi connectivity index (χ1) is 10.7. The minimum absolute atomic E-state index is 0.470. The Bertz CT molecular complexity index is 773. The van der Waals surface area contributed by atoms with Crippen LogP contribution in [-0.2, 0) is 11.5 Å². The molecule has 0 bridgehead atoms. The summed E-state index contributed by atoms with van der Waals surface area (Å²) in [6.45, 7) is 2.12. The first-order valence-electron chi connectivity index (χ1n) is 6.93. The zero-order valence-electron chi connectivity index (χ0n) is 12.1. The Balaban J connectivity index is 1.63. The molecular formula is C17H15ClN2OS. The van der Waals surface area contributed by atoms with Crippen molar-refractivity contribution < 1.29 is 4.42 Å². The predicted octanol–water partition coefficient (Wildman–Crippen LogP) is 5.13. The van der Waals surface area contributed by atoms with Crippen molar-refractivity contribution in [2.45, 2.75) is 18.4 Å². The van der Waals surface area contributed by atoms with Crippen molar-refractivity contribution in [3.8, 4) is 11.5 Å². The number of rotatable bonds is 5. The molecule has 22 heavy (non-hydrogen) atoms. The van der Waals surface area contributed by atoms with Gasteiger partial charge in [0.2, 0.25) is 11.8 Å². The third kappa shape index (κ3) is 3.51. The lowest BCUT2D eigenvalue weighted by molar-refractivity contribution is 0.528. The first-order valence-corrected chi connectivity index (χ1v) is 8.47. The number of hydrogen-bond donors (Lipinski definition) is 0. The van der Waals surface area contributed by atoms with Crippen LogP contribution < -0.4 is 0 Å². The van der Waals surface area contributed by atoms with Gasteiger partial charge in [-0.05, 0) is 30.2 Å². The van der Waals surface area contributed by atoms with Crippen molar-refractivity contribution in [1.82, 2.24) is 10.2 Å². The maximum absolute atomic E-state index is 6.14. The summed E-state index contributed by atoms with van der Waals surface area (Å²) in [6.07, 6.45) is 0. The molecule has 3 rings (SSSR count). The first kappa shape index (κ1) is 15.1. The molecule has 112 valence electrons. The van der Waals surface area contributed by atoms with Gasteiger partial charge in [-0.25, -0.2) is 0 Å². The summed E-state index contributed by atoms with van der Waals surface area (Å²) in [5.41, 5.74) is 3.41. The van der Waals surface area contributed by atoms with Gasteiger partial charge < -0.3 is 4.42 Å². The van der Waals surface area contributed by atoms with E-state index >= 15 is 0 Å². The highest BCUT2D eigenvalue weighted by Gasteiger charge is 2.11. The molecule has 0 aliphatic heterocycles. The molecule has 2 aromatic carbocycles. The van der Waals surface area contributed by atoms with Gasteiger partial charge >= 0.3 is 0 Å². The van der Waals surface area contributed by atoms with Gasteiger partial charge in [-0.15, -0.1) is 22.0 Å². The zero-order valence-corrected chi connectivity index (χ0v) is 13.7. The van der Waals surface area contributed by atoms with Gasteiger partial charge in [0.15, 0.2) is 0 Å². The molecule has 0 amide bonds. The summed E-state index contributed by atoms with van der Waals surface area (Å²) in [5.74, 6) is 2.70. The van der Waals surface area contributed by atoms with Crippen molar-refractivity contribution in [2.75, 3.05) is 0 Å². The Morgan fingerprint density at radius 1 is 1.00 bits per heavy atom. The molecule has 0 atom stereocenters. The van der Waals surface area contributed by atoms with Crippen molar-refractivity contribution in [3.05, 3.63) is 70.6 Å². The lowest BCUT2D eigenvalue weighted by atomic mass is 10.1. The molecule has 0 aliphatic rings. The highest BCUT2D eigenvalue weighted by atomic mass is 35.5. The Kier molecular flexibility index (Phi) is 4.80. The van der Waals surface area contributed by atoms with Gasteiger partial charge in [0.05, 0.1) is 16.3 Å². The van der Waals surface area contributed by atoms with E-state index in [1.54, 1.807) is 11.8 Å². The van der Waals surface area contributed by atoms with Gasteiger partial charge in [-0.1, -0.05) is 48.0 Å². The molecule has 0 N–H and O–H groups in total. The molecule has 0 radical (unpaired) electrons. The van der Waals surface area contributed by atoms with Gasteiger partial charge in [0, 0.05) is 5.75 Å². The molecule has 3 nitrogen and oxygen atoms in total. The molecule has 0 saturated carbocycles. The lowest BCUT2D eigenvalue weighted by Gasteiger charge is -2.03. The molecule has 3 aromatic rings. The summed E-state index contributed by atoms with van der Waals surface area (Å²) in [6, 6.07) is 15.8. The summed E-state index contributed by atoms with van der Waals surface area (Å²) < 4.78 is 5.69. The minimum Gasteiger partial charge on any atom is -0.420 e. The monoisotopic (exact) mass is 330 g/mol. The molecular weight excluding hydrogens is 316 g/mol. The number of halogens is 1. The maximum atomic E-state index is 6.14. The van der Waals surface area contributed by atoms with Crippen LogP contribution in [0.5, 0.6) is 0 Å². The summed E-state index contributed by atoms with van der Waals surface area (Å²) >= 11 is 7.89. The van der Waals surface area contributed by atoms with Crippen LogP contribution in [0.2, 0.25) is 5.02 Å². The smallest absolute Gasteiger partial charge is 0.249 e. The topological polar surface area (TPSA) is 38.9 Å². The predicted molar refractivity (Wildman–Crippen MR) is 90.9 cm³/mol. The molecule has 0 fully saturated rings. The van der Waals surface area contributed by atoms with Crippen LogP contribution in [0.4, 0.5) is 0 Å². The molecule has 5 heteroatoms. The van der Waals surface area contributed by atoms with E-state index in [2.05, 4.69) is 41.4 Å². The standard InChI is InChI=1S/C17H15ClN2OS/c1-12-6-2-3-7-13(12)10-22-11-16-19-20-17(21-16)14-8-4-5-9-15(14)18/h2-9H,10-11H2,1H3. The molecule has 1 heterocycles. The minimum atomic E-state index is 0.470. The van der Waals surface area contributed by atoms with Gasteiger partial charge in [0.25, 0.3) is 0 Å². The second-order valence-electron chi connectivity index (χ2n) is 4.90. The van der Waals surface area contributed by atoms with Gasteiger partial charge in [-0.2, -0.15) is 0 Å². The van der Waals surface area contributed by atoms with Gasteiger partial charge in [0.1, 0.15) is 0 Å². The largest absolute Gasteiger partial charge is 0.420 e. The van der Waals surface area contributed by atoms with Crippen LogP contribution in [0, 0.1) is 6.92 Å². The molecule has 0 spiro atoms. The second kappa shape index (κ2) is 6.99. The highest BCUT2D eigenvalue weighted by molar-refractivity contribution is 7.97. The Labute approximate surface area is 138 Å². The number of hydrogen-bond acceptors (Lipinski definition) is 4. The van der Waals surface area contributed by atoms with Crippen LogP contribution in [0.1, 0.15) is 17.0 Å². The molecule has 0 aliphatic carbocycles. The fourth-order valence-corrected chi connectivity index (χ4v) is 3.23. The van der Waals surface area contributed by atoms with E-state index in [9.17, 15) is 0 Å². The van der Waals surface area contributed by atoms with Crippen LogP contribution in [0.3, 0.4) is 0 Å². The maximum Gasteiger partial charge on any atom is 0.249 e. The zero-order chi connectivity index (χ0) is 15.4. The van der Waals surface area contributed by atoms with E-state index in [4.69, 9.17) is 16.0 Å². The van der Waals surface area contributed by atoms with Crippen LogP contribution >= 0.6 is 23.4 Å². The van der Waals surface area contributed by atoms with E-state index in [0.29, 0.717) is 22.6 Å². The number of thioether (sulfide) groups is 1. The van der Waals surface area contributed by atoms with E-state index < -0.39 is 0 Å². The molecule has 0 saturated heterocycles. The fraction of sp³-hybridized carbons (Fsp3) is 0.176. The van der Waals surface area contributed by atoms with Gasteiger partial charge in [-0.3, -0.25) is 0 Å². The SMILES string of the molecule is Cc1ccccc1CSCc1nnc(-c2ccccc2Cl)o1. The summed E-state index contributed by atoms with van der Waals surface area (Å²) in [5, 5.41) is 8.78. The normalized spacial score (nSPS) is 10.8. The number of nitrogens with zero attached hydrogens (tertiary/aromatic N) is 2. The van der Waals surface area contributed by atoms with Crippen molar-refractivity contribution in [2.24, 2.45) is 0 Å². The fourth-order valence-electron chi connectivity index (χ4n) is 2.08. The van der Waals surface area contributed by atoms with Crippen LogP contribution in [0.25, 0.3) is 11.5 Å². The Morgan fingerprint density at radius 3 is 2.59 bits per heavy atom. The van der Waals surface area contributed by atoms with Crippen molar-refractivity contribution >= 4 is 23.4 Å². The van der Waals surface area contributed by atoms with E-state index in [1.165, 1.54) is 11.1 Å². The summed E-state index contributed by atoms with van der Waals surface area (Å²) in [7, 11) is 0. The highest BCUT2D eigenvalue weighted by Crippen LogP contribution is 2.27. The van der Waals surface area contributed by atoms with Crippen LogP contribution in [0.15, 0.2) is 52.9 Å². The molecule has 0 unspecified atom stereocenters. The van der Waals surface area contributed by atoms with E-state index in [-0.39, 0.29) is 0 Å². The molecule has 1 aromatic heterocycles. The number of aryl methyl sites for hydroxylation is 1. The second-order valence-corrected chi connectivity index (χ2v) is 6.29. The quantitative estimate of drug-likeness (QED) is 0.650. The third-order valence-electron chi connectivity index (χ3n) is 3.32. The number of benzene rings is 2. The number of aromatic nitrogens is 2. The average molecular weight is 331 g/mol. The Morgan fingerprint density at radius 2 is 1.77 bits per heavy atom. The van der Waals surface area contributed by atoms with Crippen molar-refractivity contribution in [1.29, 1.82) is 0 Å². The Hall–Kier alpha value is -1.78. The van der Waals surface area contributed by atoms with Crippen LogP contribution in [-0.4, -0.2) is 10.2 Å². The van der Waals surface area contributed by atoms with E-state index in [0.717, 1.165) is 11.3 Å². The third-order valence-corrected chi connectivity index (χ3v) is 4.61. The van der Waals surface area contributed by atoms with Crippen molar-refractivity contribution in [3.63, 3.8) is 0 Å². The summed E-state index contributed by atoms with van der Waals surface area (Å²) in [4.78, 5) is 0. The average Bonchev–Trinajstić information content (AvgIpc) is 2.98.